The van der Waals surface area contributed by atoms with Crippen molar-refractivity contribution < 1.29 is 4.42 Å². The van der Waals surface area contributed by atoms with Crippen LogP contribution in [0.3, 0.4) is 0 Å². The van der Waals surface area contributed by atoms with E-state index in [2.05, 4.69) is 141 Å². The second kappa shape index (κ2) is 9.36. The predicted octanol–water partition coefficient (Wildman–Crippen LogP) is 10.1. The first kappa shape index (κ1) is 26.4. The molecule has 3 aliphatic rings. The summed E-state index contributed by atoms with van der Waals surface area (Å²) in [4.78, 5) is 0. The molecule has 224 valence electrons. The molecule has 3 atom stereocenters. The number of hydrogen-bond donors (Lipinski definition) is 0. The van der Waals surface area contributed by atoms with Crippen LogP contribution in [0.25, 0.3) is 61.3 Å². The number of furan rings is 1. The molecule has 3 unspecified atom stereocenters. The number of allylic oxidation sites excluding steroid dienone is 2. The van der Waals surface area contributed by atoms with Crippen molar-refractivity contribution in [1.29, 1.82) is 0 Å². The Balaban J connectivity index is 1.22. The summed E-state index contributed by atoms with van der Waals surface area (Å²) in [6.45, 7) is 9.16. The van der Waals surface area contributed by atoms with Gasteiger partial charge in [-0.1, -0.05) is 107 Å². The number of aromatic nitrogens is 1. The number of rotatable bonds is 3. The van der Waals surface area contributed by atoms with Gasteiger partial charge in [0.15, 0.2) is 0 Å². The smallest absolute Gasteiger partial charge is 0.135 e. The Morgan fingerprint density at radius 3 is 2.33 bits per heavy atom. The summed E-state index contributed by atoms with van der Waals surface area (Å²) in [7, 11) is 0. The van der Waals surface area contributed by atoms with Crippen molar-refractivity contribution in [2.24, 2.45) is 5.92 Å². The van der Waals surface area contributed by atoms with Gasteiger partial charge in [0.2, 0.25) is 0 Å². The fourth-order valence-electron chi connectivity index (χ4n) is 8.70. The molecule has 0 bridgehead atoms. The summed E-state index contributed by atoms with van der Waals surface area (Å²) >= 11 is 0. The summed E-state index contributed by atoms with van der Waals surface area (Å²) in [6.07, 6.45) is 8.74. The van der Waals surface area contributed by atoms with Crippen molar-refractivity contribution in [1.82, 2.24) is 4.57 Å². The van der Waals surface area contributed by atoms with E-state index >= 15 is 0 Å². The van der Waals surface area contributed by atoms with Gasteiger partial charge < -0.3 is 8.98 Å². The Morgan fingerprint density at radius 2 is 1.46 bits per heavy atom. The quantitative estimate of drug-likeness (QED) is 0.199. The van der Waals surface area contributed by atoms with Crippen molar-refractivity contribution >= 4 is 61.3 Å². The van der Waals surface area contributed by atoms with Crippen LogP contribution in [0.4, 0.5) is 0 Å². The van der Waals surface area contributed by atoms with Crippen LogP contribution in [0.1, 0.15) is 79.4 Å². The SMILES string of the molecule is CC(C)c1ccc2c(c1)=CC1C3=CC(c4ccc5oc6ccccc6c5c4)Cc4c3n(c3cc5ccc(C(C)C)cc5cc43)C1C=2. The first-order valence-electron chi connectivity index (χ1n) is 17.0. The Morgan fingerprint density at radius 1 is 0.652 bits per heavy atom. The van der Waals surface area contributed by atoms with Crippen LogP contribution in [0, 0.1) is 5.92 Å². The van der Waals surface area contributed by atoms with Gasteiger partial charge in [0.25, 0.3) is 0 Å². The van der Waals surface area contributed by atoms with E-state index in [9.17, 15) is 0 Å². The van der Waals surface area contributed by atoms with Crippen molar-refractivity contribution in [3.8, 4) is 0 Å². The van der Waals surface area contributed by atoms with Crippen LogP contribution in [-0.2, 0) is 6.42 Å². The number of benzene rings is 5. The van der Waals surface area contributed by atoms with Gasteiger partial charge >= 0.3 is 0 Å². The highest BCUT2D eigenvalue weighted by atomic mass is 16.3. The maximum Gasteiger partial charge on any atom is 0.135 e. The van der Waals surface area contributed by atoms with Crippen molar-refractivity contribution in [3.63, 3.8) is 0 Å². The second-order valence-corrected chi connectivity index (χ2v) is 14.5. The highest BCUT2D eigenvalue weighted by Gasteiger charge is 2.41. The highest BCUT2D eigenvalue weighted by Crippen LogP contribution is 2.54. The average Bonchev–Trinajstić information content (AvgIpc) is 3.71. The molecule has 7 aromatic rings. The number of hydrogen-bond acceptors (Lipinski definition) is 1. The molecule has 46 heavy (non-hydrogen) atoms. The lowest BCUT2D eigenvalue weighted by molar-refractivity contribution is 0.641. The van der Waals surface area contributed by atoms with Crippen LogP contribution in [-0.4, -0.2) is 4.57 Å². The van der Waals surface area contributed by atoms with E-state index in [1.54, 1.807) is 0 Å². The van der Waals surface area contributed by atoms with Gasteiger partial charge in [0, 0.05) is 39.2 Å². The molecule has 2 nitrogen and oxygen atoms in total. The minimum Gasteiger partial charge on any atom is -0.456 e. The summed E-state index contributed by atoms with van der Waals surface area (Å²) in [5.41, 5.74) is 11.9. The molecule has 0 radical (unpaired) electrons. The molecule has 0 amide bonds. The van der Waals surface area contributed by atoms with E-state index in [1.165, 1.54) is 76.4 Å². The van der Waals surface area contributed by atoms with Gasteiger partial charge in [-0.2, -0.15) is 0 Å². The van der Waals surface area contributed by atoms with E-state index in [1.807, 2.05) is 0 Å². The second-order valence-electron chi connectivity index (χ2n) is 14.5. The zero-order chi connectivity index (χ0) is 30.8. The lowest BCUT2D eigenvalue weighted by Crippen LogP contribution is -2.32. The van der Waals surface area contributed by atoms with Crippen LogP contribution in [0.2, 0.25) is 0 Å². The first-order chi connectivity index (χ1) is 22.4. The first-order valence-corrected chi connectivity index (χ1v) is 17.0. The van der Waals surface area contributed by atoms with Gasteiger partial charge in [-0.25, -0.2) is 0 Å². The molecule has 0 saturated heterocycles. The third-order valence-corrected chi connectivity index (χ3v) is 11.2. The van der Waals surface area contributed by atoms with Gasteiger partial charge in [0.05, 0.1) is 6.04 Å². The molecule has 2 heteroatoms. The topological polar surface area (TPSA) is 18.1 Å². The van der Waals surface area contributed by atoms with E-state index in [-0.39, 0.29) is 6.04 Å². The summed E-state index contributed by atoms with van der Waals surface area (Å²) in [5.74, 6) is 1.65. The molecule has 10 rings (SSSR count). The third-order valence-electron chi connectivity index (χ3n) is 11.2. The molecule has 0 fully saturated rings. The molecule has 2 aliphatic carbocycles. The Bertz CT molecular complexity index is 2590. The molecule has 0 spiro atoms. The monoisotopic (exact) mass is 595 g/mol. The van der Waals surface area contributed by atoms with E-state index in [0.29, 0.717) is 23.7 Å². The number of nitrogens with zero attached hydrogens (tertiary/aromatic N) is 1. The molecular formula is C44H37NO. The van der Waals surface area contributed by atoms with Gasteiger partial charge in [0.1, 0.15) is 11.2 Å². The van der Waals surface area contributed by atoms with Gasteiger partial charge in [-0.05, 0) is 97.6 Å². The molecule has 2 aromatic heterocycles. The maximum atomic E-state index is 6.22. The number of para-hydroxylation sites is 1. The standard InChI is InChI=1S/C44H37NO/c1-24(2)26-9-11-29-22-40-35(18-31(29)15-26)38-20-33(28-13-14-43-37(17-28)34-7-5-6-8-42(34)46-43)21-39-36-19-32-16-27(25(3)4)10-12-30(32)23-41(36)45(40)44(38)39/h5-20,22-25,33,35,40H,21H2,1-4H3. The van der Waals surface area contributed by atoms with Gasteiger partial charge in [-0.15, -0.1) is 0 Å². The molecule has 0 N–H and O–H groups in total. The molecule has 3 heterocycles. The summed E-state index contributed by atoms with van der Waals surface area (Å²) < 4.78 is 8.91. The zero-order valence-corrected chi connectivity index (χ0v) is 26.8. The summed E-state index contributed by atoms with van der Waals surface area (Å²) in [5, 5.41) is 9.24. The van der Waals surface area contributed by atoms with Crippen LogP contribution in [0.5, 0.6) is 0 Å². The molecule has 0 saturated carbocycles. The fourth-order valence-corrected chi connectivity index (χ4v) is 8.70. The molecular weight excluding hydrogens is 558 g/mol. The average molecular weight is 596 g/mol. The Kier molecular flexibility index (Phi) is 5.37. The number of fused-ring (bicyclic) bond motifs is 11. The Hall–Kier alpha value is -4.82. The Labute approximate surface area is 269 Å². The predicted molar refractivity (Wildman–Crippen MR) is 193 cm³/mol. The van der Waals surface area contributed by atoms with Crippen LogP contribution >= 0.6 is 0 Å². The van der Waals surface area contributed by atoms with Crippen molar-refractivity contribution in [3.05, 3.63) is 135 Å². The van der Waals surface area contributed by atoms with Crippen LogP contribution in [0.15, 0.2) is 101 Å². The maximum absolute atomic E-state index is 6.22. The molecule has 1 aliphatic heterocycles. The van der Waals surface area contributed by atoms with Gasteiger partial charge in [-0.3, -0.25) is 0 Å². The largest absolute Gasteiger partial charge is 0.456 e. The van der Waals surface area contributed by atoms with Crippen molar-refractivity contribution in [2.45, 2.75) is 57.9 Å². The highest BCUT2D eigenvalue weighted by molar-refractivity contribution is 6.06. The van der Waals surface area contributed by atoms with Crippen molar-refractivity contribution in [2.75, 3.05) is 0 Å². The minimum absolute atomic E-state index is 0.279. The zero-order valence-electron chi connectivity index (χ0n) is 26.8. The minimum atomic E-state index is 0.279. The van der Waals surface area contributed by atoms with E-state index < -0.39 is 0 Å². The van der Waals surface area contributed by atoms with E-state index in [0.717, 1.165) is 17.6 Å². The van der Waals surface area contributed by atoms with Crippen LogP contribution < -0.4 is 10.4 Å². The molecule has 5 aromatic carbocycles. The normalized spacial score (nSPS) is 19.9. The fraction of sp³-hybridized carbons (Fsp3) is 0.227. The lowest BCUT2D eigenvalue weighted by Gasteiger charge is -2.25. The third kappa shape index (κ3) is 3.64. The van der Waals surface area contributed by atoms with E-state index in [4.69, 9.17) is 4.42 Å². The summed E-state index contributed by atoms with van der Waals surface area (Å²) in [6, 6.07) is 34.7. The lowest BCUT2D eigenvalue weighted by atomic mass is 9.78.